The van der Waals surface area contributed by atoms with Crippen LogP contribution in [0.25, 0.3) is 22.2 Å². The summed E-state index contributed by atoms with van der Waals surface area (Å²) >= 11 is 0. The van der Waals surface area contributed by atoms with Crippen molar-refractivity contribution in [3.8, 4) is 28.5 Å². The largest absolute Gasteiger partial charge is 0.497 e. The molecular weight excluding hydrogens is 362 g/mol. The average molecular weight is 385 g/mol. The summed E-state index contributed by atoms with van der Waals surface area (Å²) < 4.78 is 16.3. The van der Waals surface area contributed by atoms with Crippen LogP contribution in [-0.2, 0) is 4.79 Å². The standard InChI is InChI=1S/C20H21NO4.CH2O2/c1-13-9-18(14-5-4-6-15(10-14)25-8-7-22)21-20-17(13)11-16(23-2)12-19(20)24-3;2-1-3/h4-6,9-12,22H,7-8H2,1-3H3;1H,(H,2,3). The monoisotopic (exact) mass is 385 g/mol. The summed E-state index contributed by atoms with van der Waals surface area (Å²) in [6.45, 7) is 2.04. The lowest BCUT2D eigenvalue weighted by molar-refractivity contribution is -0.122. The van der Waals surface area contributed by atoms with Crippen LogP contribution in [0.2, 0.25) is 0 Å². The van der Waals surface area contributed by atoms with Crippen LogP contribution in [0.3, 0.4) is 0 Å². The van der Waals surface area contributed by atoms with E-state index in [1.807, 2.05) is 49.4 Å². The number of aromatic nitrogens is 1. The SMILES string of the molecule is COc1cc(OC)c2nc(-c3cccc(OCCO)c3)cc(C)c2c1.O=CO. The highest BCUT2D eigenvalue weighted by Gasteiger charge is 2.12. The van der Waals surface area contributed by atoms with Crippen LogP contribution in [0, 0.1) is 6.92 Å². The van der Waals surface area contributed by atoms with Crippen LogP contribution < -0.4 is 14.2 Å². The molecule has 1 aromatic heterocycles. The quantitative estimate of drug-likeness (QED) is 0.628. The molecular formula is C21H23NO6. The first-order valence-corrected chi connectivity index (χ1v) is 8.53. The number of aryl methyl sites for hydroxylation is 1. The van der Waals surface area contributed by atoms with Crippen molar-refractivity contribution < 1.29 is 29.2 Å². The van der Waals surface area contributed by atoms with E-state index in [0.29, 0.717) is 11.5 Å². The molecule has 0 aliphatic rings. The first-order chi connectivity index (χ1) is 13.6. The van der Waals surface area contributed by atoms with Crippen LogP contribution in [0.4, 0.5) is 0 Å². The van der Waals surface area contributed by atoms with Crippen LogP contribution in [-0.4, -0.2) is 49.1 Å². The third-order valence-corrected chi connectivity index (χ3v) is 4.00. The highest BCUT2D eigenvalue weighted by atomic mass is 16.5. The maximum absolute atomic E-state index is 8.91. The number of rotatable bonds is 6. The van der Waals surface area contributed by atoms with E-state index in [1.54, 1.807) is 14.2 Å². The van der Waals surface area contributed by atoms with E-state index in [2.05, 4.69) is 0 Å². The number of aliphatic hydroxyl groups is 1. The third kappa shape index (κ3) is 4.89. The van der Waals surface area contributed by atoms with Crippen molar-refractivity contribution >= 4 is 17.4 Å². The molecule has 1 heterocycles. The van der Waals surface area contributed by atoms with E-state index < -0.39 is 0 Å². The number of aliphatic hydroxyl groups excluding tert-OH is 1. The molecule has 0 saturated carbocycles. The Morgan fingerprint density at radius 3 is 2.46 bits per heavy atom. The van der Waals surface area contributed by atoms with Gasteiger partial charge in [-0.3, -0.25) is 4.79 Å². The van der Waals surface area contributed by atoms with Crippen LogP contribution in [0.15, 0.2) is 42.5 Å². The Bertz CT molecular complexity index is 942. The number of benzene rings is 2. The molecule has 2 N–H and O–H groups in total. The molecule has 0 fully saturated rings. The number of pyridine rings is 1. The van der Waals surface area contributed by atoms with Gasteiger partial charge in [-0.25, -0.2) is 4.98 Å². The summed E-state index contributed by atoms with van der Waals surface area (Å²) in [6, 6.07) is 13.5. The van der Waals surface area contributed by atoms with Gasteiger partial charge in [0.1, 0.15) is 29.4 Å². The maximum atomic E-state index is 8.91. The Hall–Kier alpha value is -3.32. The Morgan fingerprint density at radius 1 is 1.07 bits per heavy atom. The number of fused-ring (bicyclic) bond motifs is 1. The molecule has 7 heteroatoms. The van der Waals surface area contributed by atoms with Gasteiger partial charge in [0.15, 0.2) is 0 Å². The van der Waals surface area contributed by atoms with Gasteiger partial charge in [0.05, 0.1) is 26.5 Å². The molecule has 7 nitrogen and oxygen atoms in total. The van der Waals surface area contributed by atoms with Crippen LogP contribution >= 0.6 is 0 Å². The first-order valence-electron chi connectivity index (χ1n) is 8.53. The molecule has 0 amide bonds. The van der Waals surface area contributed by atoms with E-state index in [0.717, 1.165) is 33.5 Å². The highest BCUT2D eigenvalue weighted by Crippen LogP contribution is 2.34. The van der Waals surface area contributed by atoms with Crippen LogP contribution in [0.5, 0.6) is 17.2 Å². The molecule has 0 saturated heterocycles. The van der Waals surface area contributed by atoms with Crippen molar-refractivity contribution in [3.63, 3.8) is 0 Å². The second kappa shape index (κ2) is 10.1. The lowest BCUT2D eigenvalue weighted by atomic mass is 10.0. The molecule has 0 spiro atoms. The van der Waals surface area contributed by atoms with E-state index in [-0.39, 0.29) is 19.7 Å². The number of carboxylic acid groups (broad SMARTS) is 1. The zero-order valence-corrected chi connectivity index (χ0v) is 16.0. The van der Waals surface area contributed by atoms with Crippen molar-refractivity contribution in [3.05, 3.63) is 48.0 Å². The predicted octanol–water partition coefficient (Wildman–Crippen LogP) is 3.30. The van der Waals surface area contributed by atoms with Crippen molar-refractivity contribution in [1.29, 1.82) is 0 Å². The molecule has 3 rings (SSSR count). The molecule has 0 atom stereocenters. The predicted molar refractivity (Wildman–Crippen MR) is 106 cm³/mol. The zero-order valence-electron chi connectivity index (χ0n) is 16.0. The molecule has 0 bridgehead atoms. The lowest BCUT2D eigenvalue weighted by Crippen LogP contribution is -2.01. The lowest BCUT2D eigenvalue weighted by Gasteiger charge is -2.12. The third-order valence-electron chi connectivity index (χ3n) is 4.00. The second-order valence-electron chi connectivity index (χ2n) is 5.76. The summed E-state index contributed by atoms with van der Waals surface area (Å²) in [5.41, 5.74) is 3.65. The van der Waals surface area contributed by atoms with Gasteiger partial charge < -0.3 is 24.4 Å². The number of nitrogens with zero attached hydrogens (tertiary/aromatic N) is 1. The van der Waals surface area contributed by atoms with Crippen LogP contribution in [0.1, 0.15) is 5.56 Å². The van der Waals surface area contributed by atoms with E-state index in [4.69, 9.17) is 34.2 Å². The van der Waals surface area contributed by atoms with Gasteiger partial charge in [0.25, 0.3) is 6.47 Å². The Labute approximate surface area is 163 Å². The normalized spacial score (nSPS) is 10.0. The summed E-state index contributed by atoms with van der Waals surface area (Å²) in [5, 5.41) is 16.8. The van der Waals surface area contributed by atoms with Crippen molar-refractivity contribution in [1.82, 2.24) is 4.98 Å². The minimum absolute atomic E-state index is 0.0173. The summed E-state index contributed by atoms with van der Waals surface area (Å²) in [6.07, 6.45) is 0. The smallest absolute Gasteiger partial charge is 0.290 e. The molecule has 0 radical (unpaired) electrons. The van der Waals surface area contributed by atoms with Gasteiger partial charge in [-0.05, 0) is 36.8 Å². The topological polar surface area (TPSA) is 98.1 Å². The second-order valence-corrected chi connectivity index (χ2v) is 5.76. The fourth-order valence-corrected chi connectivity index (χ4v) is 2.76. The molecule has 0 aliphatic carbocycles. The fraction of sp³-hybridized carbons (Fsp3) is 0.238. The van der Waals surface area contributed by atoms with E-state index in [9.17, 15) is 0 Å². The highest BCUT2D eigenvalue weighted by molar-refractivity contribution is 5.91. The van der Waals surface area contributed by atoms with Crippen molar-refractivity contribution in [2.75, 3.05) is 27.4 Å². The summed E-state index contributed by atoms with van der Waals surface area (Å²) in [7, 11) is 3.26. The Kier molecular flexibility index (Phi) is 7.59. The van der Waals surface area contributed by atoms with Gasteiger partial charge in [0.2, 0.25) is 0 Å². The minimum atomic E-state index is -0.250. The Morgan fingerprint density at radius 2 is 1.82 bits per heavy atom. The van der Waals surface area contributed by atoms with Crippen molar-refractivity contribution in [2.45, 2.75) is 6.92 Å². The minimum Gasteiger partial charge on any atom is -0.497 e. The molecule has 2 aromatic carbocycles. The number of methoxy groups -OCH3 is 2. The molecule has 0 unspecified atom stereocenters. The number of hydrogen-bond donors (Lipinski definition) is 2. The van der Waals surface area contributed by atoms with Gasteiger partial charge in [-0.15, -0.1) is 0 Å². The van der Waals surface area contributed by atoms with E-state index >= 15 is 0 Å². The molecule has 3 aromatic rings. The number of carbonyl (C=O) groups is 1. The van der Waals surface area contributed by atoms with Gasteiger partial charge >= 0.3 is 0 Å². The van der Waals surface area contributed by atoms with E-state index in [1.165, 1.54) is 0 Å². The van der Waals surface area contributed by atoms with Crippen molar-refractivity contribution in [2.24, 2.45) is 0 Å². The average Bonchev–Trinajstić information content (AvgIpc) is 2.72. The fourth-order valence-electron chi connectivity index (χ4n) is 2.76. The first kappa shape index (κ1) is 21.0. The molecule has 28 heavy (non-hydrogen) atoms. The van der Waals surface area contributed by atoms with Gasteiger partial charge in [-0.1, -0.05) is 12.1 Å². The maximum Gasteiger partial charge on any atom is 0.290 e. The molecule has 0 aliphatic heterocycles. The van der Waals surface area contributed by atoms with Gasteiger partial charge in [0, 0.05) is 17.0 Å². The molecule has 148 valence electrons. The number of ether oxygens (including phenoxy) is 3. The zero-order chi connectivity index (χ0) is 20.5. The Balaban J connectivity index is 0.000000878. The summed E-state index contributed by atoms with van der Waals surface area (Å²) in [5.74, 6) is 2.11. The summed E-state index contributed by atoms with van der Waals surface area (Å²) in [4.78, 5) is 13.1. The van der Waals surface area contributed by atoms with Gasteiger partial charge in [-0.2, -0.15) is 0 Å². The number of hydrogen-bond acceptors (Lipinski definition) is 6.